The van der Waals surface area contributed by atoms with Crippen molar-refractivity contribution in [2.75, 3.05) is 0 Å². The molecule has 2 saturated carbocycles. The van der Waals surface area contributed by atoms with Gasteiger partial charge in [-0.2, -0.15) is 0 Å². The topological polar surface area (TPSA) is 54.0 Å². The lowest BCUT2D eigenvalue weighted by molar-refractivity contribution is 0.00733. The van der Waals surface area contributed by atoms with Gasteiger partial charge < -0.3 is 9.47 Å². The summed E-state index contributed by atoms with van der Waals surface area (Å²) >= 11 is 0. The van der Waals surface area contributed by atoms with Crippen LogP contribution in [0.4, 0.5) is 0 Å². The van der Waals surface area contributed by atoms with Crippen LogP contribution in [0.25, 0.3) is 0 Å². The summed E-state index contributed by atoms with van der Waals surface area (Å²) in [5, 5.41) is 0. The Morgan fingerprint density at radius 2 is 0.955 bits per heavy atom. The van der Waals surface area contributed by atoms with Gasteiger partial charge >= 0.3 is 8.25 Å². The molecule has 0 heterocycles. The zero-order valence-electron chi connectivity index (χ0n) is 25.7. The number of benzene rings is 4. The van der Waals surface area contributed by atoms with Gasteiger partial charge in [0, 0.05) is 17.4 Å². The van der Waals surface area contributed by atoms with Crippen molar-refractivity contribution in [3.63, 3.8) is 0 Å². The first kappa shape index (κ1) is 30.5. The van der Waals surface area contributed by atoms with Crippen LogP contribution < -0.4 is 9.47 Å². The Balaban J connectivity index is 1.09. The Labute approximate surface area is 262 Å². The summed E-state index contributed by atoms with van der Waals surface area (Å²) < 4.78 is 38.5. The summed E-state index contributed by atoms with van der Waals surface area (Å²) in [6, 6.07) is 36.6. The lowest BCUT2D eigenvalue weighted by Crippen LogP contribution is -2.35. The lowest BCUT2D eigenvalue weighted by atomic mass is 9.92. The Bertz CT molecular complexity index is 1420. The quantitative estimate of drug-likeness (QED) is 0.118. The van der Waals surface area contributed by atoms with Gasteiger partial charge in [0.25, 0.3) is 0 Å². The second kappa shape index (κ2) is 13.6. The largest absolute Gasteiger partial charge is 0.698 e. The molecule has 2 aliphatic rings. The van der Waals surface area contributed by atoms with Gasteiger partial charge in [0.15, 0.2) is 0 Å². The van der Waals surface area contributed by atoms with Crippen LogP contribution >= 0.6 is 8.25 Å². The third kappa shape index (κ3) is 8.35. The van der Waals surface area contributed by atoms with E-state index < -0.39 is 19.5 Å². The van der Waals surface area contributed by atoms with E-state index in [1.54, 1.807) is 0 Å². The molecule has 0 aliphatic heterocycles. The first-order chi connectivity index (χ1) is 21.4. The molecule has 6 heteroatoms. The molecule has 0 aromatic heterocycles. The lowest BCUT2D eigenvalue weighted by Gasteiger charge is -2.26. The van der Waals surface area contributed by atoms with Crippen molar-refractivity contribution in [1.82, 2.24) is 0 Å². The molecule has 0 saturated heterocycles. The summed E-state index contributed by atoms with van der Waals surface area (Å²) in [4.78, 5) is 0. The number of hydrogen-bond donors (Lipinski definition) is 0. The van der Waals surface area contributed by atoms with Gasteiger partial charge in [-0.3, -0.25) is 0 Å². The zero-order chi connectivity index (χ0) is 30.4. The van der Waals surface area contributed by atoms with Gasteiger partial charge in [0.05, 0.1) is 0 Å². The third-order valence-corrected chi connectivity index (χ3v) is 9.98. The van der Waals surface area contributed by atoms with E-state index in [0.29, 0.717) is 37.9 Å². The van der Waals surface area contributed by atoms with Crippen molar-refractivity contribution >= 4 is 8.25 Å². The van der Waals surface area contributed by atoms with Gasteiger partial charge in [-0.05, 0) is 97.9 Å². The van der Waals surface area contributed by atoms with Crippen molar-refractivity contribution < 1.29 is 23.1 Å². The molecular weight excluding hydrogens is 567 g/mol. The minimum Gasteiger partial charge on any atom is -0.489 e. The SMILES string of the molecule is CC(Cc1cccc(OCc2ccccc2)c1)(O[P+](=O)OC(C)(Cc1cccc(OCc2ccccc2)c1)C1CC1)C1CC1. The van der Waals surface area contributed by atoms with Crippen molar-refractivity contribution in [3.05, 3.63) is 131 Å². The molecule has 44 heavy (non-hydrogen) atoms. The smallest absolute Gasteiger partial charge is 0.489 e. The van der Waals surface area contributed by atoms with Crippen LogP contribution in [0.5, 0.6) is 11.5 Å². The summed E-state index contributed by atoms with van der Waals surface area (Å²) in [5.41, 5.74) is 3.30. The normalized spacial score (nSPS) is 17.7. The fourth-order valence-corrected chi connectivity index (χ4v) is 7.18. The van der Waals surface area contributed by atoms with Gasteiger partial charge in [0.2, 0.25) is 0 Å². The van der Waals surface area contributed by atoms with Crippen LogP contribution in [0, 0.1) is 11.8 Å². The molecule has 0 amide bonds. The van der Waals surface area contributed by atoms with Crippen molar-refractivity contribution in [2.24, 2.45) is 11.8 Å². The summed E-state index contributed by atoms with van der Waals surface area (Å²) in [5.74, 6) is 2.34. The Hall–Kier alpha value is -3.50. The zero-order valence-corrected chi connectivity index (χ0v) is 26.6. The monoisotopic (exact) mass is 609 g/mol. The molecule has 0 N–H and O–H groups in total. The fourth-order valence-electron chi connectivity index (χ4n) is 6.03. The van der Waals surface area contributed by atoms with E-state index in [-0.39, 0.29) is 0 Å². The van der Waals surface area contributed by atoms with Crippen LogP contribution in [0.3, 0.4) is 0 Å². The molecule has 0 bridgehead atoms. The molecule has 4 aromatic carbocycles. The third-order valence-electron chi connectivity index (χ3n) is 8.85. The molecule has 4 aromatic rings. The Kier molecular flexibility index (Phi) is 9.47. The maximum atomic E-state index is 13.6. The second-order valence-corrected chi connectivity index (χ2v) is 13.6. The number of rotatable bonds is 16. The highest BCUT2D eigenvalue weighted by Gasteiger charge is 2.54. The fraction of sp³-hybridized carbons (Fsp3) is 0.368. The van der Waals surface area contributed by atoms with Crippen LogP contribution in [0.15, 0.2) is 109 Å². The molecule has 5 nitrogen and oxygen atoms in total. The van der Waals surface area contributed by atoms with Crippen LogP contribution in [-0.4, -0.2) is 11.2 Å². The van der Waals surface area contributed by atoms with Crippen LogP contribution in [0.1, 0.15) is 61.8 Å². The Morgan fingerprint density at radius 1 is 0.568 bits per heavy atom. The summed E-state index contributed by atoms with van der Waals surface area (Å²) in [7, 11) is -2.34. The predicted molar refractivity (Wildman–Crippen MR) is 174 cm³/mol. The molecule has 2 aliphatic carbocycles. The van der Waals surface area contributed by atoms with E-state index in [2.05, 4.69) is 62.4 Å². The van der Waals surface area contributed by atoms with Crippen LogP contribution in [-0.2, 0) is 39.7 Å². The molecule has 2 unspecified atom stereocenters. The highest BCUT2D eigenvalue weighted by atomic mass is 31.1. The van der Waals surface area contributed by atoms with E-state index in [0.717, 1.165) is 59.4 Å². The van der Waals surface area contributed by atoms with E-state index in [4.69, 9.17) is 18.5 Å². The first-order valence-electron chi connectivity index (χ1n) is 15.7. The maximum Gasteiger partial charge on any atom is 0.698 e. The van der Waals surface area contributed by atoms with Gasteiger partial charge in [-0.15, -0.1) is 9.05 Å². The predicted octanol–water partition coefficient (Wildman–Crippen LogP) is 9.66. The van der Waals surface area contributed by atoms with Gasteiger partial charge in [0.1, 0.15) is 35.9 Å². The average molecular weight is 610 g/mol. The van der Waals surface area contributed by atoms with Gasteiger partial charge in [-0.1, -0.05) is 84.9 Å². The standard InChI is InChI=1S/C38H42O5P/c1-37(33-19-20-33,25-31-15-9-17-35(23-31)40-27-29-11-5-3-6-12-29)42-44(39)43-38(2,34-21-22-34)26-32-16-10-18-36(24-32)41-28-30-13-7-4-8-14-30/h3-18,23-24,33-34H,19-22,25-28H2,1-2H3/q+1. The highest BCUT2D eigenvalue weighted by Crippen LogP contribution is 2.53. The van der Waals surface area contributed by atoms with Crippen molar-refractivity contribution in [1.29, 1.82) is 0 Å². The molecule has 0 spiro atoms. The van der Waals surface area contributed by atoms with E-state index in [9.17, 15) is 4.57 Å². The van der Waals surface area contributed by atoms with Crippen LogP contribution in [0.2, 0.25) is 0 Å². The molecular formula is C38H42O5P+. The maximum absolute atomic E-state index is 13.6. The van der Waals surface area contributed by atoms with Crippen molar-refractivity contribution in [2.45, 2.75) is 76.8 Å². The minimum absolute atomic E-state index is 0.351. The minimum atomic E-state index is -2.34. The first-order valence-corrected chi connectivity index (χ1v) is 16.8. The number of hydrogen-bond acceptors (Lipinski definition) is 5. The second-order valence-electron chi connectivity index (χ2n) is 12.8. The van der Waals surface area contributed by atoms with E-state index in [1.165, 1.54) is 0 Å². The number of ether oxygens (including phenoxy) is 2. The molecule has 6 rings (SSSR count). The Morgan fingerprint density at radius 3 is 1.34 bits per heavy atom. The van der Waals surface area contributed by atoms with Gasteiger partial charge in [-0.25, -0.2) is 0 Å². The molecule has 0 radical (unpaired) electrons. The average Bonchev–Trinajstić information content (AvgIpc) is 3.93. The highest BCUT2D eigenvalue weighted by molar-refractivity contribution is 7.33. The van der Waals surface area contributed by atoms with E-state index >= 15 is 0 Å². The summed E-state index contributed by atoms with van der Waals surface area (Å²) in [6.07, 6.45) is 5.56. The summed E-state index contributed by atoms with van der Waals surface area (Å²) in [6.45, 7) is 5.20. The van der Waals surface area contributed by atoms with Crippen molar-refractivity contribution in [3.8, 4) is 11.5 Å². The van der Waals surface area contributed by atoms with E-state index in [1.807, 2.05) is 60.7 Å². The molecule has 2 atom stereocenters. The molecule has 228 valence electrons. The molecule has 2 fully saturated rings.